The van der Waals surface area contributed by atoms with Gasteiger partial charge < -0.3 is 14.2 Å². The number of amides is 2. The normalized spacial score (nSPS) is 30.1. The molecule has 2 saturated heterocycles. The Hall–Kier alpha value is -2.71. The molecular weight excluding hydrogens is 390 g/mol. The van der Waals surface area contributed by atoms with E-state index in [4.69, 9.17) is 25.8 Å². The number of esters is 2. The first-order valence-electron chi connectivity index (χ1n) is 8.59. The minimum atomic E-state index is -1.55. The van der Waals surface area contributed by atoms with Gasteiger partial charge in [-0.3, -0.25) is 19.2 Å². The molecule has 0 aliphatic carbocycles. The molecule has 0 aromatic heterocycles. The zero-order valence-electron chi connectivity index (χ0n) is 15.0. The number of rotatable bonds is 4. The van der Waals surface area contributed by atoms with Crippen LogP contribution < -0.4 is 4.90 Å². The first-order valence-corrected chi connectivity index (χ1v) is 8.97. The first kappa shape index (κ1) is 18.6. The Labute approximate surface area is 165 Å². The van der Waals surface area contributed by atoms with Gasteiger partial charge in [0.25, 0.3) is 6.29 Å². The van der Waals surface area contributed by atoms with Crippen molar-refractivity contribution in [3.05, 3.63) is 41.4 Å². The predicted molar refractivity (Wildman–Crippen MR) is 95.0 cm³/mol. The van der Waals surface area contributed by atoms with E-state index in [-0.39, 0.29) is 0 Å². The van der Waals surface area contributed by atoms with E-state index in [1.54, 1.807) is 30.3 Å². The Bertz CT molecular complexity index is 895. The molecule has 28 heavy (non-hydrogen) atoms. The van der Waals surface area contributed by atoms with E-state index in [0.29, 0.717) is 10.7 Å². The lowest BCUT2D eigenvalue weighted by molar-refractivity contribution is -0.226. The van der Waals surface area contributed by atoms with Gasteiger partial charge >= 0.3 is 11.9 Å². The SMILES string of the molecule is CC(=O)OC(OC(C)=O)[C@]12C=C[C@H](O1)[C@@H]1C(=O)N(c3ccc(Cl)cc3)C(=O)[C@@H]12. The topological polar surface area (TPSA) is 99.2 Å². The molecule has 2 bridgehead atoms. The van der Waals surface area contributed by atoms with Gasteiger partial charge in [-0.2, -0.15) is 0 Å². The van der Waals surface area contributed by atoms with Crippen molar-refractivity contribution < 1.29 is 33.4 Å². The fraction of sp³-hybridized carbons (Fsp3) is 0.368. The number of carbonyl (C=O) groups excluding carboxylic acids is 4. The molecule has 2 amide bonds. The average molecular weight is 406 g/mol. The summed E-state index contributed by atoms with van der Waals surface area (Å²) in [7, 11) is 0. The summed E-state index contributed by atoms with van der Waals surface area (Å²) in [5.41, 5.74) is -1.18. The summed E-state index contributed by atoms with van der Waals surface area (Å²) < 4.78 is 16.2. The molecule has 0 unspecified atom stereocenters. The van der Waals surface area contributed by atoms with Crippen molar-refractivity contribution in [3.8, 4) is 0 Å². The summed E-state index contributed by atoms with van der Waals surface area (Å²) in [6.45, 7) is 2.30. The molecule has 0 radical (unpaired) electrons. The molecule has 3 aliphatic rings. The number of halogens is 1. The summed E-state index contributed by atoms with van der Waals surface area (Å²) >= 11 is 5.89. The lowest BCUT2D eigenvalue weighted by Crippen LogP contribution is -2.52. The molecule has 0 N–H and O–H groups in total. The molecule has 8 nitrogen and oxygen atoms in total. The van der Waals surface area contributed by atoms with Gasteiger partial charge in [-0.1, -0.05) is 17.7 Å². The van der Waals surface area contributed by atoms with Gasteiger partial charge in [0, 0.05) is 18.9 Å². The van der Waals surface area contributed by atoms with E-state index in [2.05, 4.69) is 0 Å². The lowest BCUT2D eigenvalue weighted by Gasteiger charge is -2.34. The van der Waals surface area contributed by atoms with Gasteiger partial charge in [-0.15, -0.1) is 0 Å². The molecule has 0 saturated carbocycles. The van der Waals surface area contributed by atoms with Crippen LogP contribution in [0.4, 0.5) is 5.69 Å². The van der Waals surface area contributed by atoms with Crippen LogP contribution in [0, 0.1) is 11.8 Å². The molecule has 2 fully saturated rings. The highest BCUT2D eigenvalue weighted by Gasteiger charge is 2.72. The number of imide groups is 1. The van der Waals surface area contributed by atoms with Crippen LogP contribution >= 0.6 is 11.6 Å². The monoisotopic (exact) mass is 405 g/mol. The molecule has 3 heterocycles. The zero-order chi connectivity index (χ0) is 20.2. The molecule has 1 aromatic rings. The van der Waals surface area contributed by atoms with Gasteiger partial charge in [-0.25, -0.2) is 4.90 Å². The molecule has 4 rings (SSSR count). The van der Waals surface area contributed by atoms with Crippen LogP contribution in [0.5, 0.6) is 0 Å². The Kier molecular flexibility index (Phi) is 4.28. The number of fused-ring (bicyclic) bond motifs is 5. The van der Waals surface area contributed by atoms with Crippen LogP contribution in [0.1, 0.15) is 13.8 Å². The van der Waals surface area contributed by atoms with Gasteiger partial charge in [0.05, 0.1) is 23.6 Å². The van der Waals surface area contributed by atoms with Crippen molar-refractivity contribution in [2.75, 3.05) is 4.90 Å². The second-order valence-electron chi connectivity index (χ2n) is 6.84. The van der Waals surface area contributed by atoms with Crippen LogP contribution in [0.15, 0.2) is 36.4 Å². The third-order valence-corrected chi connectivity index (χ3v) is 5.33. The summed E-state index contributed by atoms with van der Waals surface area (Å²) in [4.78, 5) is 50.4. The molecule has 1 aromatic carbocycles. The standard InChI is InChI=1S/C19H16ClNO7/c1-9(22)26-18(27-10(2)23)19-8-7-13(28-19)14-15(19)17(25)21(16(14)24)12-5-3-11(20)4-6-12/h3-8,13-15,18H,1-2H3/t13-,14-,15+,19+/m0/s1. The zero-order valence-corrected chi connectivity index (χ0v) is 15.7. The number of benzene rings is 1. The van der Waals surface area contributed by atoms with Crippen LogP contribution in [0.3, 0.4) is 0 Å². The molecule has 0 spiro atoms. The quantitative estimate of drug-likeness (QED) is 0.324. The Morgan fingerprint density at radius 3 is 2.29 bits per heavy atom. The molecule has 3 aliphatic heterocycles. The second kappa shape index (κ2) is 6.42. The highest BCUT2D eigenvalue weighted by atomic mass is 35.5. The number of anilines is 1. The van der Waals surface area contributed by atoms with Crippen molar-refractivity contribution in [1.29, 1.82) is 0 Å². The maximum absolute atomic E-state index is 13.2. The van der Waals surface area contributed by atoms with Crippen molar-refractivity contribution in [2.45, 2.75) is 31.8 Å². The maximum atomic E-state index is 13.2. The minimum absolute atomic E-state index is 0.375. The first-order chi connectivity index (χ1) is 13.2. The molecule has 9 heteroatoms. The Balaban J connectivity index is 1.74. The van der Waals surface area contributed by atoms with Crippen molar-refractivity contribution in [1.82, 2.24) is 0 Å². The Morgan fingerprint density at radius 1 is 1.11 bits per heavy atom. The largest absolute Gasteiger partial charge is 0.422 e. The smallest absolute Gasteiger partial charge is 0.305 e. The number of carbonyl (C=O) groups is 4. The number of ether oxygens (including phenoxy) is 3. The van der Waals surface area contributed by atoms with E-state index in [9.17, 15) is 19.2 Å². The molecule has 4 atom stereocenters. The lowest BCUT2D eigenvalue weighted by atomic mass is 9.76. The van der Waals surface area contributed by atoms with E-state index in [1.807, 2.05) is 0 Å². The third kappa shape index (κ3) is 2.63. The highest BCUT2D eigenvalue weighted by Crippen LogP contribution is 2.54. The number of nitrogens with zero attached hydrogens (tertiary/aromatic N) is 1. The van der Waals surface area contributed by atoms with Gasteiger partial charge in [-0.05, 0) is 30.3 Å². The summed E-state index contributed by atoms with van der Waals surface area (Å²) in [5, 5.41) is 0.467. The minimum Gasteiger partial charge on any atom is -0.422 e. The van der Waals surface area contributed by atoms with E-state index < -0.39 is 53.6 Å². The van der Waals surface area contributed by atoms with Gasteiger partial charge in [0.15, 0.2) is 5.60 Å². The van der Waals surface area contributed by atoms with Crippen LogP contribution in [0.2, 0.25) is 5.02 Å². The highest BCUT2D eigenvalue weighted by molar-refractivity contribution is 6.31. The van der Waals surface area contributed by atoms with E-state index >= 15 is 0 Å². The number of hydrogen-bond acceptors (Lipinski definition) is 7. The summed E-state index contributed by atoms with van der Waals surface area (Å²) in [6.07, 6.45) is 0.983. The van der Waals surface area contributed by atoms with E-state index in [0.717, 1.165) is 18.7 Å². The second-order valence-corrected chi connectivity index (χ2v) is 7.27. The van der Waals surface area contributed by atoms with Crippen molar-refractivity contribution in [3.63, 3.8) is 0 Å². The molecule has 146 valence electrons. The molecular formula is C19H16ClNO7. The fourth-order valence-corrected chi connectivity index (χ4v) is 4.19. The van der Waals surface area contributed by atoms with Crippen LogP contribution in [-0.2, 0) is 33.4 Å². The fourth-order valence-electron chi connectivity index (χ4n) is 4.06. The van der Waals surface area contributed by atoms with E-state index in [1.165, 1.54) is 6.08 Å². The third-order valence-electron chi connectivity index (χ3n) is 5.08. The van der Waals surface area contributed by atoms with Gasteiger partial charge in [0.1, 0.15) is 0 Å². The van der Waals surface area contributed by atoms with Crippen LogP contribution in [-0.4, -0.2) is 41.7 Å². The predicted octanol–water partition coefficient (Wildman–Crippen LogP) is 1.61. The van der Waals surface area contributed by atoms with Crippen LogP contribution in [0.25, 0.3) is 0 Å². The summed E-state index contributed by atoms with van der Waals surface area (Å²) in [5.74, 6) is -4.17. The van der Waals surface area contributed by atoms with Crippen molar-refractivity contribution in [2.24, 2.45) is 11.8 Å². The average Bonchev–Trinajstić information content (AvgIpc) is 3.26. The van der Waals surface area contributed by atoms with Crippen molar-refractivity contribution >= 4 is 41.0 Å². The van der Waals surface area contributed by atoms with Gasteiger partial charge in [0.2, 0.25) is 11.8 Å². The Morgan fingerprint density at radius 2 is 1.71 bits per heavy atom. The summed E-state index contributed by atoms with van der Waals surface area (Å²) in [6, 6.07) is 6.28. The maximum Gasteiger partial charge on any atom is 0.305 e. The number of hydrogen-bond donors (Lipinski definition) is 0.